The molecular weight excluding hydrogens is 196 g/mol. The van der Waals surface area contributed by atoms with Crippen molar-refractivity contribution >= 4 is 5.78 Å². The Bertz CT molecular complexity index is 483. The van der Waals surface area contributed by atoms with E-state index in [9.17, 15) is 4.79 Å². The van der Waals surface area contributed by atoms with Gasteiger partial charge in [-0.25, -0.2) is 0 Å². The monoisotopic (exact) mass is 216 g/mol. The highest BCUT2D eigenvalue weighted by Gasteiger charge is 2.37. The van der Waals surface area contributed by atoms with Gasteiger partial charge in [-0.2, -0.15) is 0 Å². The second-order valence-electron chi connectivity index (χ2n) is 5.23. The van der Waals surface area contributed by atoms with Crippen molar-refractivity contribution in [2.75, 3.05) is 0 Å². The van der Waals surface area contributed by atoms with Gasteiger partial charge in [-0.15, -0.1) is 0 Å². The zero-order valence-electron chi connectivity index (χ0n) is 11.1. The zero-order valence-corrected chi connectivity index (χ0v) is 11.1. The van der Waals surface area contributed by atoms with Gasteiger partial charge in [-0.3, -0.25) is 4.79 Å². The molecule has 0 bridgehead atoms. The summed E-state index contributed by atoms with van der Waals surface area (Å²) in [5.41, 5.74) is 7.47. The Morgan fingerprint density at radius 3 is 1.81 bits per heavy atom. The average Bonchev–Trinajstić information content (AvgIpc) is 2.48. The SMILES string of the molecule is Cc1c(C)c(C)c2c(c1C)C(=O)C(C)C2C. The van der Waals surface area contributed by atoms with E-state index in [-0.39, 0.29) is 5.92 Å². The lowest BCUT2D eigenvalue weighted by Crippen LogP contribution is -2.07. The van der Waals surface area contributed by atoms with E-state index >= 15 is 0 Å². The molecule has 86 valence electrons. The molecule has 0 spiro atoms. The summed E-state index contributed by atoms with van der Waals surface area (Å²) in [5, 5.41) is 0. The Hall–Kier alpha value is -1.11. The number of ketones is 1. The van der Waals surface area contributed by atoms with E-state index < -0.39 is 0 Å². The minimum atomic E-state index is 0.147. The topological polar surface area (TPSA) is 17.1 Å². The predicted octanol–water partition coefficient (Wildman–Crippen LogP) is 3.86. The van der Waals surface area contributed by atoms with Crippen LogP contribution in [0.5, 0.6) is 0 Å². The molecule has 0 aromatic heterocycles. The van der Waals surface area contributed by atoms with E-state index in [1.54, 1.807) is 0 Å². The summed E-state index contributed by atoms with van der Waals surface area (Å²) < 4.78 is 0. The average molecular weight is 216 g/mol. The lowest BCUT2D eigenvalue weighted by molar-refractivity contribution is 0.0936. The molecule has 1 nitrogen and oxygen atoms in total. The Balaban J connectivity index is 2.86. The first-order valence-corrected chi connectivity index (χ1v) is 6.02. The van der Waals surface area contributed by atoms with E-state index in [4.69, 9.17) is 0 Å². The molecule has 1 aromatic carbocycles. The van der Waals surface area contributed by atoms with Gasteiger partial charge in [-0.1, -0.05) is 13.8 Å². The highest BCUT2D eigenvalue weighted by molar-refractivity contribution is 6.05. The van der Waals surface area contributed by atoms with Crippen LogP contribution in [0.1, 0.15) is 57.9 Å². The summed E-state index contributed by atoms with van der Waals surface area (Å²) in [5.74, 6) is 0.861. The third-order valence-corrected chi connectivity index (χ3v) is 4.60. The number of carbonyl (C=O) groups is 1. The van der Waals surface area contributed by atoms with E-state index in [1.807, 2.05) is 0 Å². The largest absolute Gasteiger partial charge is 0.294 e. The van der Waals surface area contributed by atoms with Crippen LogP contribution in [0.15, 0.2) is 0 Å². The summed E-state index contributed by atoms with van der Waals surface area (Å²) in [6.45, 7) is 12.8. The normalized spacial score (nSPS) is 23.8. The molecule has 0 heterocycles. The van der Waals surface area contributed by atoms with Gasteiger partial charge in [0.05, 0.1) is 0 Å². The van der Waals surface area contributed by atoms with Crippen LogP contribution < -0.4 is 0 Å². The summed E-state index contributed by atoms with van der Waals surface area (Å²) in [6.07, 6.45) is 0. The van der Waals surface area contributed by atoms with Crippen LogP contribution in [0.25, 0.3) is 0 Å². The van der Waals surface area contributed by atoms with Crippen molar-refractivity contribution < 1.29 is 4.79 Å². The van der Waals surface area contributed by atoms with Gasteiger partial charge < -0.3 is 0 Å². The molecule has 0 fully saturated rings. The van der Waals surface area contributed by atoms with Gasteiger partial charge in [-0.05, 0) is 61.4 Å². The molecule has 0 N–H and O–H groups in total. The quantitative estimate of drug-likeness (QED) is 0.643. The maximum absolute atomic E-state index is 12.2. The predicted molar refractivity (Wildman–Crippen MR) is 67.3 cm³/mol. The molecule has 0 amide bonds. The summed E-state index contributed by atoms with van der Waals surface area (Å²) >= 11 is 0. The van der Waals surface area contributed by atoms with Crippen molar-refractivity contribution in [1.29, 1.82) is 0 Å². The molecule has 0 saturated carbocycles. The van der Waals surface area contributed by atoms with Crippen LogP contribution >= 0.6 is 0 Å². The number of benzene rings is 1. The third kappa shape index (κ3) is 1.20. The molecule has 0 aliphatic heterocycles. The van der Waals surface area contributed by atoms with Gasteiger partial charge in [0.1, 0.15) is 0 Å². The van der Waals surface area contributed by atoms with Crippen molar-refractivity contribution in [1.82, 2.24) is 0 Å². The minimum absolute atomic E-state index is 0.147. The second kappa shape index (κ2) is 3.44. The van der Waals surface area contributed by atoms with E-state index in [0.717, 1.165) is 5.56 Å². The van der Waals surface area contributed by atoms with Gasteiger partial charge in [0.2, 0.25) is 0 Å². The Morgan fingerprint density at radius 1 is 0.750 bits per heavy atom. The van der Waals surface area contributed by atoms with E-state index in [0.29, 0.717) is 11.7 Å². The molecule has 1 aliphatic rings. The first-order valence-electron chi connectivity index (χ1n) is 6.02. The maximum atomic E-state index is 12.2. The number of hydrogen-bond acceptors (Lipinski definition) is 1. The van der Waals surface area contributed by atoms with Crippen molar-refractivity contribution in [2.45, 2.75) is 47.5 Å². The molecule has 2 atom stereocenters. The molecule has 0 saturated heterocycles. The zero-order chi connectivity index (χ0) is 12.2. The highest BCUT2D eigenvalue weighted by atomic mass is 16.1. The minimum Gasteiger partial charge on any atom is -0.294 e. The van der Waals surface area contributed by atoms with Crippen LogP contribution in [0.3, 0.4) is 0 Å². The lowest BCUT2D eigenvalue weighted by atomic mass is 9.87. The molecular formula is C15H20O. The first kappa shape index (κ1) is 11.4. The fourth-order valence-corrected chi connectivity index (χ4v) is 2.93. The number of Topliss-reactive ketones (excluding diaryl/α,β-unsaturated/α-hetero) is 1. The van der Waals surface area contributed by atoms with Crippen LogP contribution in [0, 0.1) is 33.6 Å². The molecule has 1 heteroatoms. The maximum Gasteiger partial charge on any atom is 0.166 e. The highest BCUT2D eigenvalue weighted by Crippen LogP contribution is 2.42. The molecule has 1 aromatic rings. The van der Waals surface area contributed by atoms with Crippen molar-refractivity contribution in [3.05, 3.63) is 33.4 Å². The van der Waals surface area contributed by atoms with Crippen LogP contribution in [-0.4, -0.2) is 5.78 Å². The summed E-state index contributed by atoms with van der Waals surface area (Å²) in [7, 11) is 0. The van der Waals surface area contributed by atoms with Gasteiger partial charge in [0, 0.05) is 11.5 Å². The Labute approximate surface area is 97.9 Å². The van der Waals surface area contributed by atoms with Crippen molar-refractivity contribution in [3.8, 4) is 0 Å². The van der Waals surface area contributed by atoms with Crippen LogP contribution in [0.2, 0.25) is 0 Å². The van der Waals surface area contributed by atoms with Crippen molar-refractivity contribution in [2.24, 2.45) is 5.92 Å². The molecule has 0 radical (unpaired) electrons. The Morgan fingerprint density at radius 2 is 1.25 bits per heavy atom. The van der Waals surface area contributed by atoms with Crippen LogP contribution in [-0.2, 0) is 0 Å². The first-order chi connectivity index (χ1) is 7.37. The van der Waals surface area contributed by atoms with E-state index in [1.165, 1.54) is 27.8 Å². The standard InChI is InChI=1S/C15H20O/c1-7-8(2)10(4)14-13(9(7)3)11(5)12(6)15(14)16/h11-12H,1-6H3. The molecule has 16 heavy (non-hydrogen) atoms. The number of carbonyl (C=O) groups excluding carboxylic acids is 1. The van der Waals surface area contributed by atoms with Crippen molar-refractivity contribution in [3.63, 3.8) is 0 Å². The fraction of sp³-hybridized carbons (Fsp3) is 0.533. The molecule has 2 unspecified atom stereocenters. The van der Waals surface area contributed by atoms with Gasteiger partial charge >= 0.3 is 0 Å². The van der Waals surface area contributed by atoms with Gasteiger partial charge in [0.25, 0.3) is 0 Å². The van der Waals surface area contributed by atoms with E-state index in [2.05, 4.69) is 41.5 Å². The van der Waals surface area contributed by atoms with Crippen LogP contribution in [0.4, 0.5) is 0 Å². The summed E-state index contributed by atoms with van der Waals surface area (Å²) in [4.78, 5) is 12.2. The second-order valence-corrected chi connectivity index (χ2v) is 5.23. The number of fused-ring (bicyclic) bond motifs is 1. The smallest absolute Gasteiger partial charge is 0.166 e. The van der Waals surface area contributed by atoms with Gasteiger partial charge in [0.15, 0.2) is 5.78 Å². The lowest BCUT2D eigenvalue weighted by Gasteiger charge is -2.17. The summed E-state index contributed by atoms with van der Waals surface area (Å²) in [6, 6.07) is 0. The third-order valence-electron chi connectivity index (χ3n) is 4.60. The Kier molecular flexibility index (Phi) is 2.45. The fourth-order valence-electron chi connectivity index (χ4n) is 2.93. The molecule has 1 aliphatic carbocycles. The number of hydrogen-bond donors (Lipinski definition) is 0. The number of rotatable bonds is 0. The molecule has 2 rings (SSSR count).